The maximum Gasteiger partial charge on any atom is 0.335 e. The van der Waals surface area contributed by atoms with Gasteiger partial charge in [0, 0.05) is 32.2 Å². The molecule has 28 heavy (non-hydrogen) atoms. The number of imide groups is 2. The second-order valence-electron chi connectivity index (χ2n) is 6.88. The van der Waals surface area contributed by atoms with Crippen molar-refractivity contribution in [3.63, 3.8) is 0 Å². The smallest absolute Gasteiger partial charge is 0.283 e. The van der Waals surface area contributed by atoms with Crippen LogP contribution in [0.3, 0.4) is 0 Å². The van der Waals surface area contributed by atoms with Crippen LogP contribution in [0, 0.1) is 5.82 Å². The van der Waals surface area contributed by atoms with Crippen LogP contribution >= 0.6 is 0 Å². The number of piperazine rings is 1. The van der Waals surface area contributed by atoms with Crippen molar-refractivity contribution in [1.29, 1.82) is 0 Å². The molecule has 0 radical (unpaired) electrons. The van der Waals surface area contributed by atoms with E-state index in [-0.39, 0.29) is 37.7 Å². The maximum atomic E-state index is 13.9. The molecule has 0 saturated carbocycles. The average molecular weight is 412 g/mol. The van der Waals surface area contributed by atoms with Gasteiger partial charge >= 0.3 is 17.8 Å². The maximum absolute atomic E-state index is 13.9. The number of amides is 4. The van der Waals surface area contributed by atoms with E-state index >= 15 is 0 Å². The highest BCUT2D eigenvalue weighted by atomic mass is 32.2. The number of sulfonamides is 1. The summed E-state index contributed by atoms with van der Waals surface area (Å²) in [5.74, 6) is -2.56. The third kappa shape index (κ3) is 3.52. The molecular formula is C17H21FN4O5S. The highest BCUT2D eigenvalue weighted by molar-refractivity contribution is 7.89. The summed E-state index contributed by atoms with van der Waals surface area (Å²) >= 11 is 0. The van der Waals surface area contributed by atoms with E-state index < -0.39 is 39.7 Å². The van der Waals surface area contributed by atoms with Gasteiger partial charge in [0.2, 0.25) is 10.0 Å². The Morgan fingerprint density at radius 1 is 1.00 bits per heavy atom. The first kappa shape index (κ1) is 20.4. The van der Waals surface area contributed by atoms with Crippen molar-refractivity contribution in [2.75, 3.05) is 32.8 Å². The molecule has 1 aromatic rings. The van der Waals surface area contributed by atoms with Crippen molar-refractivity contribution < 1.29 is 27.2 Å². The lowest BCUT2D eigenvalue weighted by Crippen LogP contribution is -2.52. The lowest BCUT2D eigenvalue weighted by Gasteiger charge is -2.35. The van der Waals surface area contributed by atoms with Gasteiger partial charge in [-0.05, 0) is 26.0 Å². The minimum atomic E-state index is -3.97. The summed E-state index contributed by atoms with van der Waals surface area (Å²) in [5, 5.41) is 0. The summed E-state index contributed by atoms with van der Waals surface area (Å²) in [4.78, 5) is 39.5. The third-order valence-corrected chi connectivity index (χ3v) is 6.66. The van der Waals surface area contributed by atoms with Gasteiger partial charge in [0.1, 0.15) is 10.7 Å². The van der Waals surface area contributed by atoms with Gasteiger partial charge in [0.05, 0.1) is 6.67 Å². The highest BCUT2D eigenvalue weighted by Gasteiger charge is 2.46. The molecule has 0 spiro atoms. The molecule has 0 N–H and O–H groups in total. The molecular weight excluding hydrogens is 391 g/mol. The molecule has 3 rings (SSSR count). The van der Waals surface area contributed by atoms with E-state index in [0.717, 1.165) is 15.9 Å². The molecule has 2 heterocycles. The molecule has 2 aliphatic heterocycles. The molecule has 2 aliphatic rings. The largest absolute Gasteiger partial charge is 0.335 e. The van der Waals surface area contributed by atoms with Crippen LogP contribution in [0.25, 0.3) is 0 Å². The topological polar surface area (TPSA) is 98.3 Å². The predicted octanol–water partition coefficient (Wildman–Crippen LogP) is 0.289. The minimum absolute atomic E-state index is 0.0781. The van der Waals surface area contributed by atoms with Crippen molar-refractivity contribution in [3.8, 4) is 0 Å². The number of benzene rings is 1. The lowest BCUT2D eigenvalue weighted by atomic mass is 10.3. The van der Waals surface area contributed by atoms with Crippen LogP contribution in [0.2, 0.25) is 0 Å². The summed E-state index contributed by atoms with van der Waals surface area (Å²) in [6.07, 6.45) is 0. The van der Waals surface area contributed by atoms with Crippen LogP contribution in [0.5, 0.6) is 0 Å². The van der Waals surface area contributed by atoms with E-state index in [9.17, 15) is 27.2 Å². The molecule has 0 aromatic heterocycles. The third-order valence-electron chi connectivity index (χ3n) is 4.73. The molecule has 0 atom stereocenters. The van der Waals surface area contributed by atoms with Crippen LogP contribution < -0.4 is 0 Å². The molecule has 2 fully saturated rings. The number of carbonyl (C=O) groups is 3. The van der Waals surface area contributed by atoms with Crippen molar-refractivity contribution >= 4 is 27.9 Å². The van der Waals surface area contributed by atoms with Crippen molar-refractivity contribution in [2.45, 2.75) is 24.8 Å². The van der Waals surface area contributed by atoms with Crippen LogP contribution in [0.4, 0.5) is 9.18 Å². The number of halogens is 1. The Morgan fingerprint density at radius 3 is 2.14 bits per heavy atom. The van der Waals surface area contributed by atoms with Gasteiger partial charge in [0.25, 0.3) is 0 Å². The molecule has 0 bridgehead atoms. The summed E-state index contributed by atoms with van der Waals surface area (Å²) < 4.78 is 40.3. The fourth-order valence-electron chi connectivity index (χ4n) is 3.21. The van der Waals surface area contributed by atoms with Crippen molar-refractivity contribution in [3.05, 3.63) is 30.1 Å². The van der Waals surface area contributed by atoms with Gasteiger partial charge in [-0.2, -0.15) is 4.31 Å². The summed E-state index contributed by atoms with van der Waals surface area (Å²) in [7, 11) is -3.97. The number of hydrogen-bond acceptors (Lipinski definition) is 6. The lowest BCUT2D eigenvalue weighted by molar-refractivity contribution is -0.144. The fraction of sp³-hybridized carbons (Fsp3) is 0.471. The van der Waals surface area contributed by atoms with Crippen LogP contribution in [0.1, 0.15) is 13.8 Å². The normalized spacial score (nSPS) is 19.9. The highest BCUT2D eigenvalue weighted by Crippen LogP contribution is 2.21. The SMILES string of the molecule is CC(C)N1C(=O)C(=O)N(CN2CCN(S(=O)(=O)c3ccccc3F)CC2)C1=O. The van der Waals surface area contributed by atoms with Crippen LogP contribution in [-0.4, -0.2) is 84.2 Å². The monoisotopic (exact) mass is 412 g/mol. The minimum Gasteiger partial charge on any atom is -0.283 e. The Bertz CT molecular complexity index is 912. The first-order valence-electron chi connectivity index (χ1n) is 8.80. The fourth-order valence-corrected chi connectivity index (χ4v) is 4.69. The number of rotatable bonds is 5. The van der Waals surface area contributed by atoms with E-state index in [4.69, 9.17) is 0 Å². The Hall–Kier alpha value is -2.37. The zero-order valence-corrected chi connectivity index (χ0v) is 16.4. The van der Waals surface area contributed by atoms with Crippen molar-refractivity contribution in [1.82, 2.24) is 19.0 Å². The van der Waals surface area contributed by atoms with Gasteiger partial charge in [-0.1, -0.05) is 12.1 Å². The van der Waals surface area contributed by atoms with E-state index in [1.807, 2.05) is 0 Å². The Balaban J connectivity index is 1.65. The van der Waals surface area contributed by atoms with E-state index in [1.165, 1.54) is 22.5 Å². The average Bonchev–Trinajstić information content (AvgIpc) is 2.86. The molecule has 2 saturated heterocycles. The van der Waals surface area contributed by atoms with Gasteiger partial charge in [-0.25, -0.2) is 22.5 Å². The van der Waals surface area contributed by atoms with E-state index in [0.29, 0.717) is 0 Å². The predicted molar refractivity (Wildman–Crippen MR) is 95.8 cm³/mol. The van der Waals surface area contributed by atoms with Crippen LogP contribution in [0.15, 0.2) is 29.2 Å². The second-order valence-corrected chi connectivity index (χ2v) is 8.78. The van der Waals surface area contributed by atoms with E-state index in [2.05, 4.69) is 0 Å². The summed E-state index contributed by atoms with van der Waals surface area (Å²) in [6.45, 7) is 3.81. The number of nitrogens with zero attached hydrogens (tertiary/aromatic N) is 4. The van der Waals surface area contributed by atoms with Crippen LogP contribution in [-0.2, 0) is 19.6 Å². The summed E-state index contributed by atoms with van der Waals surface area (Å²) in [5.41, 5.74) is 0. The zero-order valence-electron chi connectivity index (χ0n) is 15.5. The quantitative estimate of drug-likeness (QED) is 0.509. The molecule has 0 aliphatic carbocycles. The molecule has 152 valence electrons. The van der Waals surface area contributed by atoms with Gasteiger partial charge in [-0.15, -0.1) is 0 Å². The molecule has 4 amide bonds. The van der Waals surface area contributed by atoms with Gasteiger partial charge < -0.3 is 0 Å². The molecule has 11 heteroatoms. The van der Waals surface area contributed by atoms with Gasteiger partial charge in [0.15, 0.2) is 0 Å². The van der Waals surface area contributed by atoms with Gasteiger partial charge in [-0.3, -0.25) is 19.4 Å². The first-order chi connectivity index (χ1) is 13.1. The Morgan fingerprint density at radius 2 is 1.61 bits per heavy atom. The van der Waals surface area contributed by atoms with Crippen molar-refractivity contribution in [2.24, 2.45) is 0 Å². The second kappa shape index (κ2) is 7.57. The number of carbonyl (C=O) groups excluding carboxylic acids is 3. The number of hydrogen-bond donors (Lipinski definition) is 0. The van der Waals surface area contributed by atoms with E-state index in [1.54, 1.807) is 18.7 Å². The first-order valence-corrected chi connectivity index (χ1v) is 10.2. The Kier molecular flexibility index (Phi) is 5.50. The number of urea groups is 1. The molecule has 1 aromatic carbocycles. The molecule has 9 nitrogen and oxygen atoms in total. The standard InChI is InChI=1S/C17H21FN4O5S/c1-12(2)22-16(24)15(23)21(17(22)25)11-19-7-9-20(10-8-19)28(26,27)14-6-4-3-5-13(14)18/h3-6,12H,7-11H2,1-2H3. The summed E-state index contributed by atoms with van der Waals surface area (Å²) in [6, 6.07) is 4.06. The Labute approximate surface area is 162 Å². The zero-order chi connectivity index (χ0) is 20.6. The molecule has 0 unspecified atom stereocenters.